The third-order valence-electron chi connectivity index (χ3n) is 4.82. The summed E-state index contributed by atoms with van der Waals surface area (Å²) in [5.41, 5.74) is 6.73. The molecule has 0 aliphatic carbocycles. The van der Waals surface area contributed by atoms with Crippen LogP contribution in [0.2, 0.25) is 0 Å². The van der Waals surface area contributed by atoms with Crippen LogP contribution in [0.25, 0.3) is 11.1 Å². The van der Waals surface area contributed by atoms with Gasteiger partial charge in [0.25, 0.3) is 0 Å². The van der Waals surface area contributed by atoms with Crippen LogP contribution in [-0.2, 0) is 16.4 Å². The molecule has 3 aromatic rings. The van der Waals surface area contributed by atoms with Gasteiger partial charge < -0.3 is 15.3 Å². The first-order valence-electron chi connectivity index (χ1n) is 10.3. The van der Waals surface area contributed by atoms with Crippen LogP contribution in [0.3, 0.4) is 0 Å². The molecule has 1 unspecified atom stereocenters. The number of nitrogens with one attached hydrogen (secondary N) is 1. The largest absolute Gasteiger partial charge is 0.423 e. The van der Waals surface area contributed by atoms with E-state index in [-0.39, 0.29) is 35.5 Å². The van der Waals surface area contributed by atoms with E-state index >= 15 is 0 Å². The predicted octanol–water partition coefficient (Wildman–Crippen LogP) is 2.96. The predicted molar refractivity (Wildman–Crippen MR) is 122 cm³/mol. The van der Waals surface area contributed by atoms with Gasteiger partial charge in [-0.2, -0.15) is 9.29 Å². The molecule has 1 aromatic heterocycles. The monoisotopic (exact) mass is 460 g/mol. The number of nitrogens with two attached hydrogens (primary N) is 1. The molecule has 0 aliphatic heterocycles. The summed E-state index contributed by atoms with van der Waals surface area (Å²) in [7, 11) is -3.91. The molecule has 0 aliphatic rings. The number of benzene rings is 2. The van der Waals surface area contributed by atoms with Crippen LogP contribution in [-0.4, -0.2) is 48.0 Å². The Bertz CT molecular complexity index is 1160. The lowest BCUT2D eigenvalue weighted by Crippen LogP contribution is -2.40. The van der Waals surface area contributed by atoms with Gasteiger partial charge in [0.2, 0.25) is 10.0 Å². The molecule has 32 heavy (non-hydrogen) atoms. The maximum atomic E-state index is 13.4. The maximum absolute atomic E-state index is 13.4. The highest BCUT2D eigenvalue weighted by Gasteiger charge is 2.28. The average Bonchev–Trinajstić information content (AvgIpc) is 3.13. The minimum absolute atomic E-state index is 0.0164. The van der Waals surface area contributed by atoms with Crippen molar-refractivity contribution in [3.63, 3.8) is 0 Å². The van der Waals surface area contributed by atoms with Crippen molar-refractivity contribution >= 4 is 33.2 Å². The van der Waals surface area contributed by atoms with Crippen molar-refractivity contribution in [2.45, 2.75) is 37.7 Å². The van der Waals surface area contributed by atoms with E-state index in [4.69, 9.17) is 10.2 Å². The Morgan fingerprint density at radius 2 is 1.91 bits per heavy atom. The molecule has 0 fully saturated rings. The van der Waals surface area contributed by atoms with Crippen molar-refractivity contribution in [3.05, 3.63) is 54.1 Å². The number of rotatable bonds is 10. The first-order chi connectivity index (χ1) is 15.1. The summed E-state index contributed by atoms with van der Waals surface area (Å²) in [5.74, 6) is 0.0616. The normalized spacial score (nSPS) is 13.0. The van der Waals surface area contributed by atoms with Crippen LogP contribution in [0.1, 0.15) is 25.8 Å². The zero-order chi connectivity index (χ0) is 23.3. The zero-order valence-corrected chi connectivity index (χ0v) is 18.9. The van der Waals surface area contributed by atoms with Crippen molar-refractivity contribution in [2.24, 2.45) is 11.7 Å². The molecule has 4 N–H and O–H groups in total. The van der Waals surface area contributed by atoms with Gasteiger partial charge in [-0.15, -0.1) is 0 Å². The number of amides is 2. The van der Waals surface area contributed by atoms with Crippen LogP contribution in [0.15, 0.2) is 57.8 Å². The Hall–Kier alpha value is -2.95. The number of aliphatic hydroxyl groups excluding tert-OH is 1. The summed E-state index contributed by atoms with van der Waals surface area (Å²) in [4.78, 5) is 15.1. The standard InChI is InChI=1S/C22H28N4O5S/c1-15(2)13-26(14-17(27)9-8-16-6-4-3-5-7-16)32(29,30)18-10-11-19-20(12-18)31-22(24-19)25-21(23)28/h3-7,10-12,15,17,27H,8-9,13-14H2,1-2H3,(H3,23,24,25,28). The number of sulfonamides is 1. The molecule has 10 heteroatoms. The SMILES string of the molecule is CC(C)CN(CC(O)CCc1ccccc1)S(=O)(=O)c1ccc2nc(NC(N)=O)oc2c1. The number of carbonyl (C=O) groups is 1. The van der Waals surface area contributed by atoms with Gasteiger partial charge in [-0.3, -0.25) is 5.32 Å². The summed E-state index contributed by atoms with van der Waals surface area (Å²) >= 11 is 0. The highest BCUT2D eigenvalue weighted by atomic mass is 32.2. The number of aliphatic hydroxyl groups is 1. The van der Waals surface area contributed by atoms with Gasteiger partial charge in [-0.1, -0.05) is 44.2 Å². The summed E-state index contributed by atoms with van der Waals surface area (Å²) in [6.45, 7) is 4.07. The van der Waals surface area contributed by atoms with Gasteiger partial charge in [0.05, 0.1) is 11.0 Å². The number of anilines is 1. The van der Waals surface area contributed by atoms with Crippen LogP contribution in [0.5, 0.6) is 0 Å². The number of carbonyl (C=O) groups excluding carboxylic acids is 1. The van der Waals surface area contributed by atoms with E-state index in [0.29, 0.717) is 18.4 Å². The molecular formula is C22H28N4O5S. The van der Waals surface area contributed by atoms with E-state index in [0.717, 1.165) is 5.56 Å². The molecule has 2 aromatic carbocycles. The summed E-state index contributed by atoms with van der Waals surface area (Å²) in [5, 5.41) is 12.8. The Labute approximate surface area is 187 Å². The highest BCUT2D eigenvalue weighted by molar-refractivity contribution is 7.89. The number of nitrogens with zero attached hydrogens (tertiary/aromatic N) is 2. The Morgan fingerprint density at radius 1 is 1.19 bits per heavy atom. The molecule has 172 valence electrons. The van der Waals surface area contributed by atoms with E-state index < -0.39 is 22.2 Å². The molecule has 1 atom stereocenters. The fourth-order valence-electron chi connectivity index (χ4n) is 3.36. The number of aromatic nitrogens is 1. The summed E-state index contributed by atoms with van der Waals surface area (Å²) in [6, 6.07) is 13.1. The first kappa shape index (κ1) is 23.7. The second-order valence-electron chi connectivity index (χ2n) is 8.03. The number of aryl methyl sites for hydroxylation is 1. The number of fused-ring (bicyclic) bond motifs is 1. The van der Waals surface area contributed by atoms with Crippen molar-refractivity contribution in [2.75, 3.05) is 18.4 Å². The molecular weight excluding hydrogens is 432 g/mol. The van der Waals surface area contributed by atoms with Gasteiger partial charge >= 0.3 is 12.0 Å². The molecule has 9 nitrogen and oxygen atoms in total. The Balaban J connectivity index is 1.79. The lowest BCUT2D eigenvalue weighted by molar-refractivity contribution is 0.133. The fraction of sp³-hybridized carbons (Fsp3) is 0.364. The lowest BCUT2D eigenvalue weighted by Gasteiger charge is -2.26. The van der Waals surface area contributed by atoms with Gasteiger partial charge in [-0.05, 0) is 36.5 Å². The molecule has 0 radical (unpaired) electrons. The van der Waals surface area contributed by atoms with Crippen molar-refractivity contribution in [1.82, 2.24) is 9.29 Å². The van der Waals surface area contributed by atoms with Crippen molar-refractivity contribution < 1.29 is 22.7 Å². The topological polar surface area (TPSA) is 139 Å². The van der Waals surface area contributed by atoms with E-state index in [1.54, 1.807) is 0 Å². The zero-order valence-electron chi connectivity index (χ0n) is 18.1. The average molecular weight is 461 g/mol. The Morgan fingerprint density at radius 3 is 2.56 bits per heavy atom. The minimum atomic E-state index is -3.91. The summed E-state index contributed by atoms with van der Waals surface area (Å²) < 4.78 is 33.4. The van der Waals surface area contributed by atoms with Gasteiger partial charge in [0.1, 0.15) is 5.52 Å². The second kappa shape index (κ2) is 10.1. The van der Waals surface area contributed by atoms with Gasteiger partial charge in [-0.25, -0.2) is 13.2 Å². The van der Waals surface area contributed by atoms with Gasteiger partial charge in [0.15, 0.2) is 5.58 Å². The molecule has 3 rings (SSSR count). The number of hydrogen-bond donors (Lipinski definition) is 3. The molecule has 2 amide bonds. The first-order valence-corrected chi connectivity index (χ1v) is 11.8. The van der Waals surface area contributed by atoms with Crippen molar-refractivity contribution in [3.8, 4) is 0 Å². The quantitative estimate of drug-likeness (QED) is 0.425. The molecule has 1 heterocycles. The fourth-order valence-corrected chi connectivity index (χ4v) is 5.01. The van der Waals surface area contributed by atoms with Gasteiger partial charge in [0, 0.05) is 19.2 Å². The number of primary amides is 1. The van der Waals surface area contributed by atoms with Crippen LogP contribution in [0, 0.1) is 5.92 Å². The lowest BCUT2D eigenvalue weighted by atomic mass is 10.1. The highest BCUT2D eigenvalue weighted by Crippen LogP contribution is 2.25. The van der Waals surface area contributed by atoms with E-state index in [2.05, 4.69) is 10.3 Å². The van der Waals surface area contributed by atoms with E-state index in [1.165, 1.54) is 22.5 Å². The second-order valence-corrected chi connectivity index (χ2v) is 9.97. The smallest absolute Gasteiger partial charge is 0.320 e. The van der Waals surface area contributed by atoms with Crippen LogP contribution < -0.4 is 11.1 Å². The van der Waals surface area contributed by atoms with Crippen LogP contribution >= 0.6 is 0 Å². The molecule has 0 spiro atoms. The van der Waals surface area contributed by atoms with E-state index in [9.17, 15) is 18.3 Å². The number of oxazole rings is 1. The van der Waals surface area contributed by atoms with E-state index in [1.807, 2.05) is 44.2 Å². The Kier molecular flexibility index (Phi) is 7.49. The summed E-state index contributed by atoms with van der Waals surface area (Å²) in [6.07, 6.45) is 0.276. The molecule has 0 saturated carbocycles. The molecule has 0 saturated heterocycles. The third-order valence-corrected chi connectivity index (χ3v) is 6.65. The third kappa shape index (κ3) is 6.06. The van der Waals surface area contributed by atoms with Crippen molar-refractivity contribution in [1.29, 1.82) is 0 Å². The maximum Gasteiger partial charge on any atom is 0.320 e. The number of urea groups is 1. The molecule has 0 bridgehead atoms. The van der Waals surface area contributed by atoms with Crippen LogP contribution in [0.4, 0.5) is 10.8 Å². The number of hydrogen-bond acceptors (Lipinski definition) is 6. The minimum Gasteiger partial charge on any atom is -0.423 e.